The summed E-state index contributed by atoms with van der Waals surface area (Å²) in [5, 5.41) is 21.0. The molecule has 1 aromatic carbocycles. The average Bonchev–Trinajstić information content (AvgIpc) is 3.34. The van der Waals surface area contributed by atoms with E-state index in [1.807, 2.05) is 0 Å². The number of rotatable bonds is 10. The lowest BCUT2D eigenvalue weighted by molar-refractivity contribution is -0.175. The largest absolute Gasteiger partial charge is 0.481 e. The second kappa shape index (κ2) is 12.5. The molecule has 4 fully saturated rings. The van der Waals surface area contributed by atoms with E-state index in [0.717, 1.165) is 51.4 Å². The zero-order valence-corrected chi connectivity index (χ0v) is 26.6. The van der Waals surface area contributed by atoms with Crippen LogP contribution in [0.1, 0.15) is 119 Å². The molecule has 44 heavy (non-hydrogen) atoms. The maximum Gasteiger partial charge on any atom is 0.342 e. The number of Topliss-reactive ketones (excluding diaryl/α,β-unsaturated/α-hetero) is 2. The second-order valence-electron chi connectivity index (χ2n) is 14.8. The number of aliphatic carboxylic acids is 1. The number of carbonyl (C=O) groups excluding carboxylic acids is 3. The molecule has 0 saturated heterocycles. The Labute approximate surface area is 260 Å². The Kier molecular flexibility index (Phi) is 9.30. The molecule has 4 N–H and O–H groups in total. The zero-order valence-electron chi connectivity index (χ0n) is 26.6. The van der Waals surface area contributed by atoms with Gasteiger partial charge in [0, 0.05) is 12.0 Å². The number of aliphatic hydroxyl groups is 1. The molecule has 0 bridgehead atoms. The highest BCUT2D eigenvalue weighted by molar-refractivity contribution is 6.08. The second-order valence-corrected chi connectivity index (χ2v) is 14.8. The van der Waals surface area contributed by atoms with Gasteiger partial charge in [0.05, 0.1) is 12.5 Å². The number of hydrogen-bond acceptors (Lipinski definition) is 8. The summed E-state index contributed by atoms with van der Waals surface area (Å²) in [6.07, 6.45) is 7.50. The Morgan fingerprint density at radius 2 is 1.80 bits per heavy atom. The average molecular weight is 612 g/mol. The molecule has 1 aromatic rings. The molecule has 242 valence electrons. The van der Waals surface area contributed by atoms with E-state index < -0.39 is 18.0 Å². The van der Waals surface area contributed by atoms with Crippen molar-refractivity contribution in [3.63, 3.8) is 0 Å². The maximum atomic E-state index is 13.2. The summed E-state index contributed by atoms with van der Waals surface area (Å²) in [5.74, 6) is 5.96. The molecule has 0 heterocycles. The summed E-state index contributed by atoms with van der Waals surface area (Å²) in [6, 6.07) is 4.34. The maximum absolute atomic E-state index is 13.2. The van der Waals surface area contributed by atoms with Gasteiger partial charge in [-0.25, -0.2) is 4.79 Å². The molecule has 4 aliphatic rings. The number of aliphatic hydroxyl groups excluding tert-OH is 1. The molecule has 9 nitrogen and oxygen atoms in total. The highest BCUT2D eigenvalue weighted by Crippen LogP contribution is 2.68. The van der Waals surface area contributed by atoms with Gasteiger partial charge in [-0.3, -0.25) is 14.4 Å². The quantitative estimate of drug-likeness (QED) is 0.130. The minimum Gasteiger partial charge on any atom is -0.481 e. The molecule has 0 aliphatic heterocycles. The van der Waals surface area contributed by atoms with Crippen molar-refractivity contribution in [1.29, 1.82) is 0 Å². The summed E-state index contributed by atoms with van der Waals surface area (Å²) in [5.41, 5.74) is 0.276. The van der Waals surface area contributed by atoms with Crippen molar-refractivity contribution in [2.75, 3.05) is 0 Å². The van der Waals surface area contributed by atoms with Crippen LogP contribution in [0.4, 0.5) is 0 Å². The number of carbonyl (C=O) groups is 4. The van der Waals surface area contributed by atoms with Crippen molar-refractivity contribution in [3.8, 4) is 5.75 Å². The predicted octanol–water partition coefficient (Wildman–Crippen LogP) is 5.76. The first-order valence-electron chi connectivity index (χ1n) is 16.4. The molecule has 4 aliphatic carbocycles. The van der Waals surface area contributed by atoms with Crippen LogP contribution in [-0.4, -0.2) is 45.9 Å². The smallest absolute Gasteiger partial charge is 0.342 e. The number of ether oxygens (including phenoxy) is 1. The molecule has 0 unspecified atom stereocenters. The number of esters is 1. The van der Waals surface area contributed by atoms with Gasteiger partial charge in [-0.2, -0.15) is 5.90 Å². The van der Waals surface area contributed by atoms with E-state index in [0.29, 0.717) is 36.0 Å². The minimum atomic E-state index is -0.753. The number of ketones is 2. The first-order valence-corrected chi connectivity index (χ1v) is 16.4. The van der Waals surface area contributed by atoms with E-state index in [4.69, 9.17) is 15.5 Å². The number of nitrogens with two attached hydrogens (primary N) is 1. The molecular formula is C35H49NO8. The zero-order chi connectivity index (χ0) is 32.0. The van der Waals surface area contributed by atoms with Gasteiger partial charge in [-0.15, -0.1) is 0 Å². The van der Waals surface area contributed by atoms with Crippen LogP contribution in [-0.2, 0) is 14.3 Å². The molecule has 0 amide bonds. The predicted molar refractivity (Wildman–Crippen MR) is 163 cm³/mol. The minimum absolute atomic E-state index is 0.0388. The molecule has 5 rings (SSSR count). The normalized spacial score (nSPS) is 36.7. The summed E-state index contributed by atoms with van der Waals surface area (Å²) in [7, 11) is 0. The third-order valence-electron chi connectivity index (χ3n) is 12.6. The monoisotopic (exact) mass is 611 g/mol. The van der Waals surface area contributed by atoms with Crippen molar-refractivity contribution in [2.45, 2.75) is 111 Å². The van der Waals surface area contributed by atoms with Gasteiger partial charge < -0.3 is 19.8 Å². The Morgan fingerprint density at radius 3 is 2.48 bits per heavy atom. The van der Waals surface area contributed by atoms with E-state index in [1.165, 1.54) is 25.1 Å². The van der Waals surface area contributed by atoms with Gasteiger partial charge in [0.2, 0.25) is 0 Å². The van der Waals surface area contributed by atoms with Gasteiger partial charge in [-0.1, -0.05) is 26.8 Å². The van der Waals surface area contributed by atoms with Crippen LogP contribution in [0.5, 0.6) is 5.75 Å². The van der Waals surface area contributed by atoms with E-state index in [1.54, 1.807) is 0 Å². The lowest BCUT2D eigenvalue weighted by Crippen LogP contribution is -2.59. The van der Waals surface area contributed by atoms with Gasteiger partial charge in [0.25, 0.3) is 0 Å². The van der Waals surface area contributed by atoms with Crippen molar-refractivity contribution in [2.24, 2.45) is 52.2 Å². The standard InChI is InChI=1S/C35H49NO8/c1-19(5-12-32(40)41)26-10-11-27-24-9-7-22-17-23(13-14-34(22,3)28(24)18-31(39)35(26,27)4)43-33(42)25-8-6-21(16-30(25)44-36)29(38)15-20(2)37/h6,8,16,19,22-24,26-28,31,39H,5,7,9-15,17-18,36H2,1-4H3,(H,40,41)/t19-,22-,23-,24+,26-,27+,28+,31+,34+,35-/m1/s1. The van der Waals surface area contributed by atoms with Crippen LogP contribution in [0.2, 0.25) is 0 Å². The Morgan fingerprint density at radius 1 is 1.05 bits per heavy atom. The summed E-state index contributed by atoms with van der Waals surface area (Å²) in [4.78, 5) is 53.1. The SMILES string of the molecule is CC(=O)CC(=O)c1ccc(C(=O)O[C@@H]2CC[C@@]3(C)[C@H](CC[C@@H]4[C@@H]3C[C@H](O)[C@]3(C)[C@@H]([C@H](C)CCC(=O)O)CC[C@@H]43)C2)c(ON)c1. The Bertz CT molecular complexity index is 1300. The first kappa shape index (κ1) is 32.6. The fourth-order valence-electron chi connectivity index (χ4n) is 10.3. The van der Waals surface area contributed by atoms with Crippen molar-refractivity contribution < 1.29 is 39.0 Å². The topological polar surface area (TPSA) is 153 Å². The van der Waals surface area contributed by atoms with Crippen molar-refractivity contribution in [3.05, 3.63) is 29.3 Å². The lowest BCUT2D eigenvalue weighted by atomic mass is 9.43. The number of fused-ring (bicyclic) bond motifs is 5. The molecule has 10 atom stereocenters. The summed E-state index contributed by atoms with van der Waals surface area (Å²) in [6.45, 7) is 8.19. The fraction of sp³-hybridized carbons (Fsp3) is 0.714. The van der Waals surface area contributed by atoms with Crippen LogP contribution in [0.3, 0.4) is 0 Å². The van der Waals surface area contributed by atoms with Crippen molar-refractivity contribution >= 4 is 23.5 Å². The van der Waals surface area contributed by atoms with Gasteiger partial charge in [-0.05, 0) is 123 Å². The van der Waals surface area contributed by atoms with E-state index >= 15 is 0 Å². The van der Waals surface area contributed by atoms with Gasteiger partial charge >= 0.3 is 11.9 Å². The number of hydrogen-bond donors (Lipinski definition) is 3. The third kappa shape index (κ3) is 5.82. The number of carboxylic acid groups (broad SMARTS) is 1. The van der Waals surface area contributed by atoms with E-state index in [2.05, 4.69) is 20.8 Å². The first-order chi connectivity index (χ1) is 20.8. The molecule has 0 spiro atoms. The highest BCUT2D eigenvalue weighted by atomic mass is 16.6. The van der Waals surface area contributed by atoms with Crippen molar-refractivity contribution in [1.82, 2.24) is 0 Å². The molecule has 4 saturated carbocycles. The van der Waals surface area contributed by atoms with Crippen LogP contribution < -0.4 is 10.7 Å². The molecule has 9 heteroatoms. The van der Waals surface area contributed by atoms with Crippen LogP contribution >= 0.6 is 0 Å². The summed E-state index contributed by atoms with van der Waals surface area (Å²) < 4.78 is 6.00. The van der Waals surface area contributed by atoms with Crippen LogP contribution in [0, 0.1) is 46.3 Å². The summed E-state index contributed by atoms with van der Waals surface area (Å²) >= 11 is 0. The molecule has 0 radical (unpaired) electrons. The third-order valence-corrected chi connectivity index (χ3v) is 12.6. The molecular weight excluding hydrogens is 562 g/mol. The lowest BCUT2D eigenvalue weighted by Gasteiger charge is -2.62. The highest BCUT2D eigenvalue weighted by Gasteiger charge is 2.63. The van der Waals surface area contributed by atoms with Gasteiger partial charge in [0.15, 0.2) is 11.5 Å². The Balaban J connectivity index is 1.25. The fourth-order valence-corrected chi connectivity index (χ4v) is 10.3. The number of carboxylic acids is 1. The van der Waals surface area contributed by atoms with Crippen LogP contribution in [0.15, 0.2) is 18.2 Å². The number of benzene rings is 1. The van der Waals surface area contributed by atoms with E-state index in [-0.39, 0.29) is 64.1 Å². The molecule has 0 aromatic heterocycles. The van der Waals surface area contributed by atoms with Crippen LogP contribution in [0.25, 0.3) is 0 Å². The van der Waals surface area contributed by atoms with E-state index in [9.17, 15) is 29.4 Å². The Hall–Kier alpha value is -2.78. The van der Waals surface area contributed by atoms with Gasteiger partial charge in [0.1, 0.15) is 17.5 Å².